The van der Waals surface area contributed by atoms with Gasteiger partial charge in [0.15, 0.2) is 6.61 Å². The largest absolute Gasteiger partial charge is 0.456 e. The van der Waals surface area contributed by atoms with Gasteiger partial charge in [-0.05, 0) is 55.9 Å². The van der Waals surface area contributed by atoms with E-state index in [2.05, 4.69) is 4.90 Å². The molecular weight excluding hydrogens is 366 g/mol. The minimum atomic E-state index is -0.625. The fourth-order valence-corrected chi connectivity index (χ4v) is 3.72. The zero-order valence-corrected chi connectivity index (χ0v) is 16.0. The first-order chi connectivity index (χ1) is 13.0. The molecular formula is C20H24ClN3O3. The number of carbonyl (C=O) groups is 2. The van der Waals surface area contributed by atoms with E-state index in [9.17, 15) is 9.59 Å². The van der Waals surface area contributed by atoms with Crippen molar-refractivity contribution in [3.8, 4) is 0 Å². The van der Waals surface area contributed by atoms with Crippen molar-refractivity contribution in [2.24, 2.45) is 11.7 Å². The third-order valence-corrected chi connectivity index (χ3v) is 5.30. The van der Waals surface area contributed by atoms with E-state index in [1.54, 1.807) is 0 Å². The summed E-state index contributed by atoms with van der Waals surface area (Å²) in [6.45, 7) is 1.58. The molecule has 2 heterocycles. The van der Waals surface area contributed by atoms with Crippen molar-refractivity contribution >= 4 is 40.2 Å². The van der Waals surface area contributed by atoms with Crippen molar-refractivity contribution in [3.05, 3.63) is 35.4 Å². The van der Waals surface area contributed by atoms with Crippen LogP contribution in [-0.2, 0) is 14.3 Å². The number of ether oxygens (including phenoxy) is 1. The number of halogens is 1. The monoisotopic (exact) mass is 389 g/mol. The van der Waals surface area contributed by atoms with Crippen molar-refractivity contribution in [3.63, 3.8) is 0 Å². The number of hydrogen-bond acceptors (Lipinski definition) is 5. The second-order valence-corrected chi connectivity index (χ2v) is 7.33. The molecule has 1 saturated heterocycles. The van der Waals surface area contributed by atoms with Crippen molar-refractivity contribution in [1.29, 1.82) is 0 Å². The number of amides is 1. The molecule has 0 aliphatic carbocycles. The number of fused-ring (bicyclic) bond motifs is 1. The first-order valence-electron chi connectivity index (χ1n) is 9.27. The molecule has 1 aliphatic rings. The van der Waals surface area contributed by atoms with Crippen LogP contribution >= 0.6 is 11.6 Å². The van der Waals surface area contributed by atoms with Crippen molar-refractivity contribution < 1.29 is 14.3 Å². The van der Waals surface area contributed by atoms with E-state index in [1.807, 2.05) is 30.3 Å². The molecule has 1 aromatic heterocycles. The molecule has 2 aromatic rings. The van der Waals surface area contributed by atoms with Crippen LogP contribution in [0.4, 0.5) is 5.82 Å². The lowest BCUT2D eigenvalue weighted by Gasteiger charge is -2.33. The number of nitrogens with zero attached hydrogens (tertiary/aromatic N) is 2. The number of primary amides is 1. The molecule has 0 unspecified atom stereocenters. The summed E-state index contributed by atoms with van der Waals surface area (Å²) in [4.78, 5) is 29.1. The third kappa shape index (κ3) is 5.32. The molecule has 1 aliphatic heterocycles. The summed E-state index contributed by atoms with van der Waals surface area (Å²) < 4.78 is 4.77. The van der Waals surface area contributed by atoms with Gasteiger partial charge in [-0.15, -0.1) is 0 Å². The van der Waals surface area contributed by atoms with Crippen molar-refractivity contribution in [1.82, 2.24) is 4.98 Å². The molecule has 0 atom stereocenters. The summed E-state index contributed by atoms with van der Waals surface area (Å²) in [5.41, 5.74) is 5.87. The molecule has 1 aromatic carbocycles. The van der Waals surface area contributed by atoms with Gasteiger partial charge in [0, 0.05) is 29.9 Å². The number of benzene rings is 1. The van der Waals surface area contributed by atoms with Crippen LogP contribution in [0.2, 0.25) is 5.02 Å². The van der Waals surface area contributed by atoms with Crippen LogP contribution in [0.15, 0.2) is 30.3 Å². The Balaban J connectivity index is 1.45. The Morgan fingerprint density at radius 3 is 2.74 bits per heavy atom. The number of anilines is 1. The number of nitrogens with two attached hydrogens (primary N) is 1. The summed E-state index contributed by atoms with van der Waals surface area (Å²) in [5, 5.41) is 1.70. The minimum Gasteiger partial charge on any atom is -0.456 e. The Kier molecular flexibility index (Phi) is 6.50. The van der Waals surface area contributed by atoms with Gasteiger partial charge in [-0.25, -0.2) is 4.98 Å². The lowest BCUT2D eigenvalue weighted by atomic mass is 9.91. The number of rotatable bonds is 7. The Hall–Kier alpha value is -2.34. The fraction of sp³-hybridized carbons (Fsp3) is 0.450. The highest BCUT2D eigenvalue weighted by Gasteiger charge is 2.20. The SMILES string of the molecule is NC(=O)COC(=O)CCCC1CCN(c2ccc3c(Cl)cccc3n2)CC1. The highest BCUT2D eigenvalue weighted by molar-refractivity contribution is 6.35. The lowest BCUT2D eigenvalue weighted by molar-refractivity contribution is -0.147. The number of pyridine rings is 1. The van der Waals surface area contributed by atoms with E-state index in [1.165, 1.54) is 0 Å². The highest BCUT2D eigenvalue weighted by Crippen LogP contribution is 2.28. The highest BCUT2D eigenvalue weighted by atomic mass is 35.5. The van der Waals surface area contributed by atoms with Crippen molar-refractivity contribution in [2.45, 2.75) is 32.1 Å². The molecule has 6 nitrogen and oxygen atoms in total. The van der Waals surface area contributed by atoms with Gasteiger partial charge in [0.25, 0.3) is 5.91 Å². The predicted octanol–water partition coefficient (Wildman–Crippen LogP) is 3.30. The van der Waals surface area contributed by atoms with E-state index < -0.39 is 5.91 Å². The Morgan fingerprint density at radius 1 is 1.22 bits per heavy atom. The van der Waals surface area contributed by atoms with Gasteiger partial charge in [0.2, 0.25) is 0 Å². The molecule has 27 heavy (non-hydrogen) atoms. The number of piperidine rings is 1. The van der Waals surface area contributed by atoms with Gasteiger partial charge >= 0.3 is 5.97 Å². The van der Waals surface area contributed by atoms with Gasteiger partial charge in [-0.3, -0.25) is 9.59 Å². The third-order valence-electron chi connectivity index (χ3n) is 4.97. The minimum absolute atomic E-state index is 0.332. The first-order valence-corrected chi connectivity index (χ1v) is 9.65. The average molecular weight is 390 g/mol. The zero-order chi connectivity index (χ0) is 19.2. The first kappa shape index (κ1) is 19.4. The maximum Gasteiger partial charge on any atom is 0.306 e. The predicted molar refractivity (Wildman–Crippen MR) is 106 cm³/mol. The summed E-state index contributed by atoms with van der Waals surface area (Å²) >= 11 is 6.21. The molecule has 0 radical (unpaired) electrons. The fourth-order valence-electron chi connectivity index (χ4n) is 3.49. The van der Waals surface area contributed by atoms with Crippen LogP contribution < -0.4 is 10.6 Å². The van der Waals surface area contributed by atoms with Gasteiger partial charge in [-0.1, -0.05) is 17.7 Å². The summed E-state index contributed by atoms with van der Waals surface area (Å²) in [6, 6.07) is 9.84. The average Bonchev–Trinajstić information content (AvgIpc) is 2.67. The quantitative estimate of drug-likeness (QED) is 0.734. The number of hydrogen-bond donors (Lipinski definition) is 1. The molecule has 2 N–H and O–H groups in total. The number of esters is 1. The van der Waals surface area contributed by atoms with E-state index >= 15 is 0 Å². The van der Waals surface area contributed by atoms with E-state index in [-0.39, 0.29) is 12.6 Å². The second kappa shape index (κ2) is 9.04. The Morgan fingerprint density at radius 2 is 2.00 bits per heavy atom. The normalized spacial score (nSPS) is 15.1. The summed E-state index contributed by atoms with van der Waals surface area (Å²) in [7, 11) is 0. The molecule has 0 spiro atoms. The molecule has 1 fully saturated rings. The number of aromatic nitrogens is 1. The van der Waals surface area contributed by atoms with Crippen LogP contribution in [0.5, 0.6) is 0 Å². The van der Waals surface area contributed by atoms with E-state index in [4.69, 9.17) is 27.1 Å². The maximum absolute atomic E-state index is 11.5. The van der Waals surface area contributed by atoms with Crippen LogP contribution in [0.1, 0.15) is 32.1 Å². The van der Waals surface area contributed by atoms with Crippen LogP contribution in [-0.4, -0.2) is 36.6 Å². The van der Waals surface area contributed by atoms with Crippen LogP contribution in [0, 0.1) is 5.92 Å². The molecule has 0 bridgehead atoms. The van der Waals surface area contributed by atoms with Gasteiger partial charge in [0.05, 0.1) is 5.52 Å². The molecule has 3 rings (SSSR count). The van der Waals surface area contributed by atoms with E-state index in [0.29, 0.717) is 12.3 Å². The Labute approximate surface area is 163 Å². The van der Waals surface area contributed by atoms with Gasteiger partial charge in [0.1, 0.15) is 5.82 Å². The maximum atomic E-state index is 11.5. The smallest absolute Gasteiger partial charge is 0.306 e. The number of carbonyl (C=O) groups excluding carboxylic acids is 2. The topological polar surface area (TPSA) is 85.5 Å². The molecule has 1 amide bonds. The van der Waals surface area contributed by atoms with Crippen LogP contribution in [0.25, 0.3) is 10.9 Å². The van der Waals surface area contributed by atoms with E-state index in [0.717, 1.165) is 60.5 Å². The van der Waals surface area contributed by atoms with Gasteiger partial charge in [-0.2, -0.15) is 0 Å². The van der Waals surface area contributed by atoms with Gasteiger partial charge < -0.3 is 15.4 Å². The molecule has 7 heteroatoms. The zero-order valence-electron chi connectivity index (χ0n) is 15.2. The molecule has 0 saturated carbocycles. The second-order valence-electron chi connectivity index (χ2n) is 6.93. The summed E-state index contributed by atoms with van der Waals surface area (Å²) in [5.74, 6) is 0.601. The summed E-state index contributed by atoms with van der Waals surface area (Å²) in [6.07, 6.45) is 4.24. The van der Waals surface area contributed by atoms with Crippen LogP contribution in [0.3, 0.4) is 0 Å². The lowest BCUT2D eigenvalue weighted by Crippen LogP contribution is -2.34. The molecule has 144 valence electrons. The standard InChI is InChI=1S/C20H24ClN3O3/c21-16-4-2-5-17-15(16)7-8-19(23-17)24-11-9-14(10-12-24)3-1-6-20(26)27-13-18(22)25/h2,4-5,7-8,14H,1,3,6,9-13H2,(H2,22,25). The van der Waals surface area contributed by atoms with Crippen molar-refractivity contribution in [2.75, 3.05) is 24.6 Å². The Bertz CT molecular complexity index is 819.